The number of fused-ring (bicyclic) bond motifs is 1. The Hall–Kier alpha value is -3.17. The summed E-state index contributed by atoms with van der Waals surface area (Å²) in [6.07, 6.45) is 1.56. The lowest BCUT2D eigenvalue weighted by Crippen LogP contribution is -2.55. The summed E-state index contributed by atoms with van der Waals surface area (Å²) < 4.78 is 31.0. The van der Waals surface area contributed by atoms with E-state index in [0.717, 1.165) is 32.0 Å². The molecule has 0 aromatic heterocycles. The van der Waals surface area contributed by atoms with E-state index in [2.05, 4.69) is 10.2 Å². The van der Waals surface area contributed by atoms with E-state index in [-0.39, 0.29) is 23.0 Å². The van der Waals surface area contributed by atoms with Gasteiger partial charge in [0.25, 0.3) is 5.91 Å². The first kappa shape index (κ1) is 27.9. The van der Waals surface area contributed by atoms with Gasteiger partial charge in [-0.25, -0.2) is 9.18 Å². The van der Waals surface area contributed by atoms with Gasteiger partial charge in [-0.1, -0.05) is 18.0 Å². The predicted molar refractivity (Wildman–Crippen MR) is 139 cm³/mol. The molecule has 0 spiro atoms. The molecule has 1 saturated heterocycles. The van der Waals surface area contributed by atoms with Gasteiger partial charge in [0.2, 0.25) is 0 Å². The Bertz CT molecular complexity index is 1210. The molecular weight excluding hydrogens is 515 g/mol. The molecule has 0 radical (unpaired) electrons. The summed E-state index contributed by atoms with van der Waals surface area (Å²) in [7, 11) is 0. The molecule has 10 heteroatoms. The van der Waals surface area contributed by atoms with E-state index in [4.69, 9.17) is 25.8 Å². The Morgan fingerprint density at radius 1 is 1.11 bits per heavy atom. The third kappa shape index (κ3) is 6.45. The van der Waals surface area contributed by atoms with Crippen molar-refractivity contribution in [3.63, 3.8) is 0 Å². The van der Waals surface area contributed by atoms with Crippen molar-refractivity contribution in [2.45, 2.75) is 57.8 Å². The number of amides is 1. The van der Waals surface area contributed by atoms with Crippen LogP contribution in [0, 0.1) is 5.82 Å². The average Bonchev–Trinajstić information content (AvgIpc) is 2.87. The number of ether oxygens (including phenoxy) is 3. The van der Waals surface area contributed by atoms with Gasteiger partial charge in [0.05, 0.1) is 11.1 Å². The van der Waals surface area contributed by atoms with Gasteiger partial charge in [0.15, 0.2) is 11.9 Å². The molecule has 2 aromatic carbocycles. The van der Waals surface area contributed by atoms with E-state index in [0.29, 0.717) is 23.4 Å². The van der Waals surface area contributed by atoms with Crippen molar-refractivity contribution in [2.75, 3.05) is 26.2 Å². The van der Waals surface area contributed by atoms with Crippen LogP contribution < -0.4 is 10.1 Å². The monoisotopic (exact) mass is 546 g/mol. The number of rotatable bonds is 7. The normalized spacial score (nSPS) is 20.6. The minimum absolute atomic E-state index is 0.118. The van der Waals surface area contributed by atoms with Crippen LogP contribution in [0.3, 0.4) is 0 Å². The molecule has 2 heterocycles. The van der Waals surface area contributed by atoms with E-state index < -0.39 is 35.6 Å². The highest BCUT2D eigenvalue weighted by Crippen LogP contribution is 2.42. The maximum atomic E-state index is 13.7. The Morgan fingerprint density at radius 2 is 1.82 bits per heavy atom. The highest BCUT2D eigenvalue weighted by Gasteiger charge is 2.48. The zero-order valence-electron chi connectivity index (χ0n) is 21.7. The summed E-state index contributed by atoms with van der Waals surface area (Å²) in [5, 5.41) is 2.67. The van der Waals surface area contributed by atoms with Gasteiger partial charge in [-0.15, -0.1) is 0 Å². The Balaban J connectivity index is 1.58. The van der Waals surface area contributed by atoms with Gasteiger partial charge in [-0.3, -0.25) is 14.5 Å². The number of halogens is 2. The predicted octanol–water partition coefficient (Wildman–Crippen LogP) is 5.33. The Labute approximate surface area is 226 Å². The van der Waals surface area contributed by atoms with Crippen molar-refractivity contribution in [3.05, 3.63) is 63.9 Å². The molecule has 2 aliphatic rings. The Kier molecular flexibility index (Phi) is 8.57. The van der Waals surface area contributed by atoms with Crippen molar-refractivity contribution in [2.24, 2.45) is 0 Å². The standard InChI is InChI=1S/C28H32ClFN2O6/c1-17(33)18-8-10-23-20(15-18)24(31-26(34)19-7-9-22(30)21(29)16-19)25(28(2,3)38-23)37-27(35)36-14-13-32-11-5-4-6-12-32/h7-10,15-16,24-25H,4-6,11-14H2,1-3H3,(H,31,34)/t24-,25+/m1/s1. The number of carbonyl (C=O) groups is 3. The molecule has 1 N–H and O–H groups in total. The molecule has 2 aromatic rings. The summed E-state index contributed by atoms with van der Waals surface area (Å²) in [6, 6.07) is 7.60. The fraction of sp³-hybridized carbons (Fsp3) is 0.464. The van der Waals surface area contributed by atoms with Crippen molar-refractivity contribution in [3.8, 4) is 5.75 Å². The quantitative estimate of drug-likeness (QED) is 0.370. The summed E-state index contributed by atoms with van der Waals surface area (Å²) in [5.74, 6) is -0.968. The molecule has 4 rings (SSSR count). The molecule has 8 nitrogen and oxygen atoms in total. The number of nitrogens with zero attached hydrogens (tertiary/aromatic N) is 1. The second-order valence-electron chi connectivity index (χ2n) is 10.1. The summed E-state index contributed by atoms with van der Waals surface area (Å²) in [5.41, 5.74) is -0.0915. The first-order valence-electron chi connectivity index (χ1n) is 12.7. The summed E-state index contributed by atoms with van der Waals surface area (Å²) in [6.45, 7) is 7.61. The fourth-order valence-corrected chi connectivity index (χ4v) is 4.99. The Morgan fingerprint density at radius 3 is 2.50 bits per heavy atom. The largest absolute Gasteiger partial charge is 0.508 e. The lowest BCUT2D eigenvalue weighted by molar-refractivity contribution is -0.0892. The molecule has 1 fully saturated rings. The third-order valence-corrected chi connectivity index (χ3v) is 7.17. The third-order valence-electron chi connectivity index (χ3n) is 6.88. The molecule has 1 amide bonds. The van der Waals surface area contributed by atoms with Crippen LogP contribution in [-0.4, -0.2) is 60.7 Å². The van der Waals surface area contributed by atoms with E-state index in [1.807, 2.05) is 0 Å². The molecular formula is C28H32ClFN2O6. The van der Waals surface area contributed by atoms with Crippen LogP contribution in [0.5, 0.6) is 5.75 Å². The van der Waals surface area contributed by atoms with Crippen molar-refractivity contribution in [1.82, 2.24) is 10.2 Å². The number of carbonyl (C=O) groups excluding carboxylic acids is 3. The number of piperidine rings is 1. The highest BCUT2D eigenvalue weighted by atomic mass is 35.5. The van der Waals surface area contributed by atoms with Crippen LogP contribution in [0.25, 0.3) is 0 Å². The number of hydrogen-bond donors (Lipinski definition) is 1. The van der Waals surface area contributed by atoms with Crippen molar-refractivity contribution < 1.29 is 33.0 Å². The van der Waals surface area contributed by atoms with Gasteiger partial charge >= 0.3 is 6.16 Å². The number of likely N-dealkylation sites (tertiary alicyclic amines) is 1. The minimum atomic E-state index is -1.07. The average molecular weight is 547 g/mol. The number of Topliss-reactive ketones (excluding diaryl/α,β-unsaturated/α-hetero) is 1. The van der Waals surface area contributed by atoms with E-state index >= 15 is 0 Å². The molecule has 2 aliphatic heterocycles. The second kappa shape index (κ2) is 11.7. The first-order chi connectivity index (χ1) is 18.0. The van der Waals surface area contributed by atoms with Gasteiger partial charge in [-0.2, -0.15) is 0 Å². The number of nitrogens with one attached hydrogen (secondary N) is 1. The number of benzene rings is 2. The van der Waals surface area contributed by atoms with Crippen LogP contribution in [0.1, 0.15) is 72.4 Å². The van der Waals surface area contributed by atoms with Gasteiger partial charge in [0.1, 0.15) is 23.8 Å². The SMILES string of the molecule is CC(=O)c1ccc2c(c1)[C@@H](NC(=O)c1ccc(F)c(Cl)c1)[C@H](OC(=O)OCCN1CCCCC1)C(C)(C)O2. The van der Waals surface area contributed by atoms with Gasteiger partial charge < -0.3 is 19.5 Å². The first-order valence-corrected chi connectivity index (χ1v) is 13.1. The van der Waals surface area contributed by atoms with Crippen LogP contribution in [0.15, 0.2) is 36.4 Å². The van der Waals surface area contributed by atoms with Gasteiger partial charge in [-0.05, 0) is 83.1 Å². The van der Waals surface area contributed by atoms with Crippen molar-refractivity contribution >= 4 is 29.4 Å². The molecule has 0 bridgehead atoms. The highest BCUT2D eigenvalue weighted by molar-refractivity contribution is 6.31. The minimum Gasteiger partial charge on any atom is -0.484 e. The van der Waals surface area contributed by atoms with E-state index in [1.54, 1.807) is 32.0 Å². The summed E-state index contributed by atoms with van der Waals surface area (Å²) in [4.78, 5) is 40.3. The lowest BCUT2D eigenvalue weighted by Gasteiger charge is -2.44. The van der Waals surface area contributed by atoms with Crippen LogP contribution in [0.2, 0.25) is 5.02 Å². The van der Waals surface area contributed by atoms with Crippen molar-refractivity contribution in [1.29, 1.82) is 0 Å². The van der Waals surface area contributed by atoms with E-state index in [1.165, 1.54) is 25.5 Å². The molecule has 38 heavy (non-hydrogen) atoms. The summed E-state index contributed by atoms with van der Waals surface area (Å²) >= 11 is 5.88. The molecule has 0 aliphatic carbocycles. The van der Waals surface area contributed by atoms with Crippen LogP contribution in [0.4, 0.5) is 9.18 Å². The van der Waals surface area contributed by atoms with Gasteiger partial charge in [0, 0.05) is 23.2 Å². The zero-order chi connectivity index (χ0) is 27.4. The molecule has 2 atom stereocenters. The lowest BCUT2D eigenvalue weighted by atomic mass is 9.85. The van der Waals surface area contributed by atoms with Crippen LogP contribution in [-0.2, 0) is 9.47 Å². The zero-order valence-corrected chi connectivity index (χ0v) is 22.5. The molecule has 0 saturated carbocycles. The number of hydrogen-bond acceptors (Lipinski definition) is 7. The second-order valence-corrected chi connectivity index (χ2v) is 10.5. The van der Waals surface area contributed by atoms with Crippen LogP contribution >= 0.6 is 11.6 Å². The van der Waals surface area contributed by atoms with E-state index in [9.17, 15) is 18.8 Å². The topological polar surface area (TPSA) is 94.2 Å². The maximum absolute atomic E-state index is 13.7. The molecule has 0 unspecified atom stereocenters. The smallest absolute Gasteiger partial charge is 0.484 e. The number of ketones is 1. The maximum Gasteiger partial charge on any atom is 0.508 e. The fourth-order valence-electron chi connectivity index (χ4n) is 4.81. The molecule has 204 valence electrons.